The zero-order chi connectivity index (χ0) is 16.2. The Balaban J connectivity index is 2.35. The maximum Gasteiger partial charge on any atom is 0.416 e. The van der Waals surface area contributed by atoms with Gasteiger partial charge in [0.05, 0.1) is 11.1 Å². The molecule has 0 spiro atoms. The Kier molecular flexibility index (Phi) is 3.27. The molecule has 0 bridgehead atoms. The molecule has 116 valence electrons. The maximum atomic E-state index is 12.7. The fraction of sp³-hybridized carbons (Fsp3) is 0.533. The van der Waals surface area contributed by atoms with Crippen molar-refractivity contribution >= 4 is 11.7 Å². The first kappa shape index (κ1) is 15.7. The minimum atomic E-state index is -4.55. The van der Waals surface area contributed by atoms with Gasteiger partial charge in [0, 0.05) is 11.7 Å². The van der Waals surface area contributed by atoms with Gasteiger partial charge in [-0.3, -0.25) is 0 Å². The van der Waals surface area contributed by atoms with Crippen LogP contribution in [0.3, 0.4) is 0 Å². The van der Waals surface area contributed by atoms with Crippen molar-refractivity contribution in [2.45, 2.75) is 39.9 Å². The molecule has 1 aromatic carbocycles. The summed E-state index contributed by atoms with van der Waals surface area (Å²) in [6.07, 6.45) is -4.55. The van der Waals surface area contributed by atoms with Crippen molar-refractivity contribution in [3.05, 3.63) is 29.3 Å². The zero-order valence-electron chi connectivity index (χ0n) is 12.3. The molecule has 0 aliphatic heterocycles. The smallest absolute Gasteiger partial charge is 0.416 e. The molecule has 6 heteroatoms. The standard InChI is InChI=1S/C15H18F3NO2/c1-13(2)12(14(13,3)4)19-10-6-5-8(15(16,17)18)7-9(10)11(20)21/h5-7,12,19H,1-4H3,(H,20,21). The normalized spacial score (nSPS) is 20.1. The van der Waals surface area contributed by atoms with E-state index in [9.17, 15) is 18.0 Å². The molecule has 1 aromatic rings. The number of hydrogen-bond donors (Lipinski definition) is 2. The molecule has 1 saturated carbocycles. The Hall–Kier alpha value is -1.72. The van der Waals surface area contributed by atoms with Crippen LogP contribution < -0.4 is 5.32 Å². The molecule has 0 saturated heterocycles. The lowest BCUT2D eigenvalue weighted by atomic mass is 10.0. The molecule has 21 heavy (non-hydrogen) atoms. The lowest BCUT2D eigenvalue weighted by Gasteiger charge is -2.14. The minimum Gasteiger partial charge on any atom is -0.478 e. The second-order valence-electron chi connectivity index (χ2n) is 6.58. The summed E-state index contributed by atoms with van der Waals surface area (Å²) in [6, 6.07) is 2.78. The van der Waals surface area contributed by atoms with E-state index >= 15 is 0 Å². The van der Waals surface area contributed by atoms with Crippen LogP contribution in [0.1, 0.15) is 43.6 Å². The topological polar surface area (TPSA) is 49.3 Å². The average molecular weight is 301 g/mol. The molecule has 3 nitrogen and oxygen atoms in total. The molecular formula is C15H18F3NO2. The number of alkyl halides is 3. The van der Waals surface area contributed by atoms with Crippen molar-refractivity contribution in [3.63, 3.8) is 0 Å². The summed E-state index contributed by atoms with van der Waals surface area (Å²) in [5.74, 6) is -1.38. The third-order valence-electron chi connectivity index (χ3n) is 4.90. The number of rotatable bonds is 3. The van der Waals surface area contributed by atoms with Crippen LogP contribution in [0.15, 0.2) is 18.2 Å². The van der Waals surface area contributed by atoms with Crippen molar-refractivity contribution in [1.29, 1.82) is 0 Å². The van der Waals surface area contributed by atoms with Crippen LogP contribution >= 0.6 is 0 Å². The molecule has 2 N–H and O–H groups in total. The number of halogens is 3. The van der Waals surface area contributed by atoms with Crippen molar-refractivity contribution < 1.29 is 23.1 Å². The van der Waals surface area contributed by atoms with Gasteiger partial charge < -0.3 is 10.4 Å². The Morgan fingerprint density at radius 2 is 1.71 bits per heavy atom. The average Bonchev–Trinajstić information content (AvgIpc) is 2.70. The number of anilines is 1. The SMILES string of the molecule is CC1(C)C(Nc2ccc(C(F)(F)F)cc2C(=O)O)C1(C)C. The van der Waals surface area contributed by atoms with E-state index < -0.39 is 17.7 Å². The Morgan fingerprint density at radius 1 is 1.19 bits per heavy atom. The number of carboxylic acids is 1. The third kappa shape index (κ3) is 2.47. The fourth-order valence-electron chi connectivity index (χ4n) is 2.74. The second-order valence-corrected chi connectivity index (χ2v) is 6.58. The third-order valence-corrected chi connectivity index (χ3v) is 4.90. The number of carbonyl (C=O) groups is 1. The number of nitrogens with one attached hydrogen (secondary N) is 1. The predicted molar refractivity (Wildman–Crippen MR) is 73.4 cm³/mol. The number of carboxylic acid groups (broad SMARTS) is 1. The molecule has 1 aliphatic carbocycles. The minimum absolute atomic E-state index is 0.0137. The first-order valence-electron chi connectivity index (χ1n) is 6.60. The van der Waals surface area contributed by atoms with Gasteiger partial charge >= 0.3 is 12.1 Å². The van der Waals surface area contributed by atoms with Crippen LogP contribution in [0.4, 0.5) is 18.9 Å². The number of hydrogen-bond acceptors (Lipinski definition) is 2. The first-order chi connectivity index (χ1) is 9.39. The fourth-order valence-corrected chi connectivity index (χ4v) is 2.74. The van der Waals surface area contributed by atoms with Gasteiger partial charge in [-0.25, -0.2) is 4.79 Å². The summed E-state index contributed by atoms with van der Waals surface area (Å²) in [6.45, 7) is 8.15. The van der Waals surface area contributed by atoms with Gasteiger partial charge in [-0.1, -0.05) is 27.7 Å². The van der Waals surface area contributed by atoms with Gasteiger partial charge in [0.1, 0.15) is 0 Å². The van der Waals surface area contributed by atoms with E-state index in [0.717, 1.165) is 6.07 Å². The molecule has 0 aromatic heterocycles. The van der Waals surface area contributed by atoms with Crippen molar-refractivity contribution in [2.75, 3.05) is 5.32 Å². The monoisotopic (exact) mass is 301 g/mol. The Labute approximate surface area is 121 Å². The van der Waals surface area contributed by atoms with Crippen LogP contribution in [0.2, 0.25) is 0 Å². The van der Waals surface area contributed by atoms with Crippen LogP contribution in [0.25, 0.3) is 0 Å². The summed E-state index contributed by atoms with van der Waals surface area (Å²) in [7, 11) is 0. The van der Waals surface area contributed by atoms with Crippen molar-refractivity contribution in [2.24, 2.45) is 10.8 Å². The Bertz CT molecular complexity index is 577. The molecule has 0 amide bonds. The molecule has 2 rings (SSSR count). The number of benzene rings is 1. The van der Waals surface area contributed by atoms with Crippen molar-refractivity contribution in [3.8, 4) is 0 Å². The summed E-state index contributed by atoms with van der Waals surface area (Å²) >= 11 is 0. The largest absolute Gasteiger partial charge is 0.478 e. The van der Waals surface area contributed by atoms with Gasteiger partial charge in [-0.2, -0.15) is 13.2 Å². The van der Waals surface area contributed by atoms with Gasteiger partial charge in [-0.05, 0) is 29.0 Å². The van der Waals surface area contributed by atoms with Gasteiger partial charge in [-0.15, -0.1) is 0 Å². The molecule has 1 fully saturated rings. The molecule has 0 heterocycles. The lowest BCUT2D eigenvalue weighted by molar-refractivity contribution is -0.137. The molecular weight excluding hydrogens is 283 g/mol. The number of aromatic carboxylic acids is 1. The highest BCUT2D eigenvalue weighted by Gasteiger charge is 2.65. The highest BCUT2D eigenvalue weighted by Crippen LogP contribution is 2.63. The summed E-state index contributed by atoms with van der Waals surface area (Å²) in [5.41, 5.74) is -1.20. The first-order valence-corrected chi connectivity index (χ1v) is 6.60. The van der Waals surface area contributed by atoms with Crippen LogP contribution in [-0.4, -0.2) is 17.1 Å². The van der Waals surface area contributed by atoms with Gasteiger partial charge in [0.25, 0.3) is 0 Å². The van der Waals surface area contributed by atoms with E-state index in [1.54, 1.807) is 0 Å². The van der Waals surface area contributed by atoms with E-state index in [1.807, 2.05) is 27.7 Å². The summed E-state index contributed by atoms with van der Waals surface area (Å²) in [5, 5.41) is 12.2. The van der Waals surface area contributed by atoms with Crippen molar-refractivity contribution in [1.82, 2.24) is 0 Å². The summed E-state index contributed by atoms with van der Waals surface area (Å²) in [4.78, 5) is 11.2. The van der Waals surface area contributed by atoms with E-state index in [0.29, 0.717) is 6.07 Å². The Morgan fingerprint density at radius 3 is 2.10 bits per heavy atom. The molecule has 0 atom stereocenters. The van der Waals surface area contributed by atoms with E-state index in [1.165, 1.54) is 6.07 Å². The predicted octanol–water partition coefficient (Wildman–Crippen LogP) is 4.25. The summed E-state index contributed by atoms with van der Waals surface area (Å²) < 4.78 is 38.0. The zero-order valence-corrected chi connectivity index (χ0v) is 12.3. The van der Waals surface area contributed by atoms with Crippen LogP contribution in [0.5, 0.6) is 0 Å². The van der Waals surface area contributed by atoms with E-state index in [2.05, 4.69) is 5.32 Å². The lowest BCUT2D eigenvalue weighted by Crippen LogP contribution is -2.15. The molecule has 0 radical (unpaired) electrons. The quantitative estimate of drug-likeness (QED) is 0.877. The molecule has 0 unspecified atom stereocenters. The van der Waals surface area contributed by atoms with Gasteiger partial charge in [0.2, 0.25) is 0 Å². The maximum absolute atomic E-state index is 12.7. The highest BCUT2D eigenvalue weighted by atomic mass is 19.4. The highest BCUT2D eigenvalue weighted by molar-refractivity contribution is 5.94. The second kappa shape index (κ2) is 4.39. The van der Waals surface area contributed by atoms with E-state index in [4.69, 9.17) is 5.11 Å². The molecule has 1 aliphatic rings. The van der Waals surface area contributed by atoms with Crippen LogP contribution in [-0.2, 0) is 6.18 Å². The van der Waals surface area contributed by atoms with Gasteiger partial charge in [0.15, 0.2) is 0 Å². The van der Waals surface area contributed by atoms with E-state index in [-0.39, 0.29) is 28.1 Å². The van der Waals surface area contributed by atoms with Crippen LogP contribution in [0, 0.1) is 10.8 Å².